The summed E-state index contributed by atoms with van der Waals surface area (Å²) in [6.45, 7) is 9.01. The highest BCUT2D eigenvalue weighted by Gasteiger charge is 2.28. The number of hydrogen-bond acceptors (Lipinski definition) is 5. The number of ether oxygens (including phenoxy) is 2. The minimum absolute atomic E-state index is 0.0609. The van der Waals surface area contributed by atoms with E-state index in [0.29, 0.717) is 30.2 Å². The average molecular weight is 501 g/mol. The number of amides is 3. The first-order chi connectivity index (χ1) is 17.2. The number of nitrogens with zero attached hydrogens (tertiary/aromatic N) is 2. The van der Waals surface area contributed by atoms with Gasteiger partial charge in [-0.15, -0.1) is 0 Å². The van der Waals surface area contributed by atoms with Gasteiger partial charge in [0, 0.05) is 39.0 Å². The second-order valence-corrected chi connectivity index (χ2v) is 9.36. The van der Waals surface area contributed by atoms with Gasteiger partial charge < -0.3 is 25.0 Å². The van der Waals surface area contributed by atoms with E-state index in [1.54, 1.807) is 49.4 Å². The smallest absolute Gasteiger partial charge is 0.323 e. The lowest BCUT2D eigenvalue weighted by Crippen LogP contribution is -2.46. The molecule has 2 aromatic rings. The lowest BCUT2D eigenvalue weighted by atomic mass is 10.0. The molecule has 0 bridgehead atoms. The van der Waals surface area contributed by atoms with Gasteiger partial charge in [0.05, 0.1) is 17.4 Å². The SMILES string of the molecule is CCCN1C[C@H](C)[C@@H](OC)CN(C)C(=O)c2cc(NC(=O)Nc3ccccc3F)ccc2OC[C@@H]1C. The molecule has 0 fully saturated rings. The molecule has 0 radical (unpaired) electrons. The molecule has 0 aromatic heterocycles. The molecule has 196 valence electrons. The second kappa shape index (κ2) is 12.7. The van der Waals surface area contributed by atoms with Crippen molar-refractivity contribution in [2.45, 2.75) is 39.3 Å². The molecule has 0 saturated heterocycles. The monoisotopic (exact) mass is 500 g/mol. The van der Waals surface area contributed by atoms with Crippen LogP contribution >= 0.6 is 0 Å². The first-order valence-electron chi connectivity index (χ1n) is 12.3. The lowest BCUT2D eigenvalue weighted by Gasteiger charge is -2.35. The van der Waals surface area contributed by atoms with Gasteiger partial charge >= 0.3 is 6.03 Å². The summed E-state index contributed by atoms with van der Waals surface area (Å²) in [6.07, 6.45) is 0.885. The summed E-state index contributed by atoms with van der Waals surface area (Å²) in [5, 5.41) is 5.15. The number of methoxy groups -OCH3 is 1. The number of rotatable bonds is 5. The molecule has 3 atom stereocenters. The molecule has 9 heteroatoms. The molecular formula is C27H37FN4O4. The van der Waals surface area contributed by atoms with Crippen LogP contribution in [0.2, 0.25) is 0 Å². The number of carbonyl (C=O) groups excluding carboxylic acids is 2. The van der Waals surface area contributed by atoms with Gasteiger partial charge in [-0.05, 0) is 56.1 Å². The number of benzene rings is 2. The number of nitrogens with one attached hydrogen (secondary N) is 2. The first-order valence-corrected chi connectivity index (χ1v) is 12.3. The van der Waals surface area contributed by atoms with Crippen molar-refractivity contribution < 1.29 is 23.5 Å². The maximum atomic E-state index is 13.9. The zero-order valence-corrected chi connectivity index (χ0v) is 21.7. The highest BCUT2D eigenvalue weighted by Crippen LogP contribution is 2.27. The topological polar surface area (TPSA) is 83.1 Å². The Bertz CT molecular complexity index is 1050. The van der Waals surface area contributed by atoms with E-state index in [9.17, 15) is 14.0 Å². The molecule has 36 heavy (non-hydrogen) atoms. The van der Waals surface area contributed by atoms with Crippen molar-refractivity contribution in [3.8, 4) is 5.75 Å². The van der Waals surface area contributed by atoms with Gasteiger partial charge in [-0.3, -0.25) is 9.69 Å². The molecule has 3 rings (SSSR count). The zero-order valence-electron chi connectivity index (χ0n) is 21.7. The third-order valence-electron chi connectivity index (χ3n) is 6.46. The maximum Gasteiger partial charge on any atom is 0.323 e. The van der Waals surface area contributed by atoms with Gasteiger partial charge in [0.25, 0.3) is 5.91 Å². The Morgan fingerprint density at radius 1 is 1.17 bits per heavy atom. The van der Waals surface area contributed by atoms with Crippen LogP contribution in [0.15, 0.2) is 42.5 Å². The largest absolute Gasteiger partial charge is 0.491 e. The van der Waals surface area contributed by atoms with Crippen LogP contribution in [0.4, 0.5) is 20.6 Å². The highest BCUT2D eigenvalue weighted by molar-refractivity contribution is 6.02. The Morgan fingerprint density at radius 3 is 2.61 bits per heavy atom. The molecule has 1 aliphatic heterocycles. The van der Waals surface area contributed by atoms with Crippen LogP contribution < -0.4 is 15.4 Å². The number of fused-ring (bicyclic) bond motifs is 1. The molecule has 0 aliphatic carbocycles. The summed E-state index contributed by atoms with van der Waals surface area (Å²) in [6, 6.07) is 10.3. The molecule has 0 spiro atoms. The number of anilines is 2. The number of urea groups is 1. The fourth-order valence-corrected chi connectivity index (χ4v) is 4.38. The van der Waals surface area contributed by atoms with Gasteiger partial charge in [0.15, 0.2) is 0 Å². The van der Waals surface area contributed by atoms with E-state index in [2.05, 4.69) is 36.3 Å². The van der Waals surface area contributed by atoms with Gasteiger partial charge in [-0.25, -0.2) is 9.18 Å². The van der Waals surface area contributed by atoms with Crippen molar-refractivity contribution in [2.24, 2.45) is 5.92 Å². The van der Waals surface area contributed by atoms with Gasteiger partial charge in [-0.1, -0.05) is 26.0 Å². The van der Waals surface area contributed by atoms with Gasteiger partial charge in [0.1, 0.15) is 18.2 Å². The summed E-state index contributed by atoms with van der Waals surface area (Å²) in [7, 11) is 3.40. The quantitative estimate of drug-likeness (QED) is 0.623. The lowest BCUT2D eigenvalue weighted by molar-refractivity contribution is 0.0108. The van der Waals surface area contributed by atoms with Gasteiger partial charge in [0.2, 0.25) is 0 Å². The van der Waals surface area contributed by atoms with Crippen molar-refractivity contribution in [3.05, 3.63) is 53.8 Å². The van der Waals surface area contributed by atoms with E-state index in [0.717, 1.165) is 19.5 Å². The van der Waals surface area contributed by atoms with Crippen molar-refractivity contribution in [1.29, 1.82) is 0 Å². The van der Waals surface area contributed by atoms with Crippen molar-refractivity contribution >= 4 is 23.3 Å². The molecule has 8 nitrogen and oxygen atoms in total. The number of likely N-dealkylation sites (N-methyl/N-ethyl adjacent to an activating group) is 1. The summed E-state index contributed by atoms with van der Waals surface area (Å²) in [5.41, 5.74) is 0.779. The Hall–Kier alpha value is -3.17. The third-order valence-corrected chi connectivity index (χ3v) is 6.46. The Labute approximate surface area is 212 Å². The molecule has 1 aliphatic rings. The van der Waals surface area contributed by atoms with Crippen molar-refractivity contribution in [3.63, 3.8) is 0 Å². The molecule has 0 saturated carbocycles. The fraction of sp³-hybridized carbons (Fsp3) is 0.481. The van der Waals surface area contributed by atoms with E-state index in [1.165, 1.54) is 12.1 Å². The normalized spacial score (nSPS) is 21.6. The number of carbonyl (C=O) groups is 2. The molecule has 2 aromatic carbocycles. The molecule has 3 amide bonds. The molecule has 1 heterocycles. The second-order valence-electron chi connectivity index (χ2n) is 9.36. The Kier molecular flexibility index (Phi) is 9.66. The molecular weight excluding hydrogens is 463 g/mol. The predicted molar refractivity (Wildman–Crippen MR) is 139 cm³/mol. The predicted octanol–water partition coefficient (Wildman–Crippen LogP) is 4.69. The highest BCUT2D eigenvalue weighted by atomic mass is 19.1. The fourth-order valence-electron chi connectivity index (χ4n) is 4.38. The molecule has 0 unspecified atom stereocenters. The first kappa shape index (κ1) is 27.4. The van der Waals surface area contributed by atoms with Gasteiger partial charge in [-0.2, -0.15) is 0 Å². The summed E-state index contributed by atoms with van der Waals surface area (Å²) in [4.78, 5) is 29.9. The van der Waals surface area contributed by atoms with Crippen LogP contribution in [0.1, 0.15) is 37.6 Å². The van der Waals surface area contributed by atoms with E-state index in [-0.39, 0.29) is 29.7 Å². The summed E-state index contributed by atoms with van der Waals surface area (Å²) >= 11 is 0. The standard InChI is InChI=1S/C27H37FN4O4/c1-6-13-32-15-18(2)25(35-5)16-31(4)26(33)21-14-20(11-12-24(21)36-17-19(32)3)29-27(34)30-23-10-8-7-9-22(23)28/h7-12,14,18-19,25H,6,13,15-17H2,1-5H3,(H2,29,30,34)/t18-,19-,25-/m0/s1. The Balaban J connectivity index is 1.87. The van der Waals surface area contributed by atoms with Crippen molar-refractivity contribution in [2.75, 3.05) is 51.0 Å². The van der Waals surface area contributed by atoms with E-state index in [1.807, 2.05) is 0 Å². The summed E-state index contributed by atoms with van der Waals surface area (Å²) < 4.78 is 25.8. The number of para-hydroxylation sites is 1. The number of halogens is 1. The van der Waals surface area contributed by atoms with E-state index in [4.69, 9.17) is 9.47 Å². The maximum absolute atomic E-state index is 13.9. The number of hydrogen-bond donors (Lipinski definition) is 2. The van der Waals surface area contributed by atoms with Crippen LogP contribution in [-0.2, 0) is 4.74 Å². The van der Waals surface area contributed by atoms with Crippen LogP contribution in [0.5, 0.6) is 5.75 Å². The molecule has 2 N–H and O–H groups in total. The zero-order chi connectivity index (χ0) is 26.2. The summed E-state index contributed by atoms with van der Waals surface area (Å²) in [5.74, 6) is -0.134. The van der Waals surface area contributed by atoms with E-state index < -0.39 is 11.8 Å². The van der Waals surface area contributed by atoms with Crippen LogP contribution in [0.25, 0.3) is 0 Å². The van der Waals surface area contributed by atoms with Crippen LogP contribution in [0, 0.1) is 11.7 Å². The van der Waals surface area contributed by atoms with Crippen molar-refractivity contribution in [1.82, 2.24) is 9.80 Å². The Morgan fingerprint density at radius 2 is 1.92 bits per heavy atom. The minimum atomic E-state index is -0.618. The average Bonchev–Trinajstić information content (AvgIpc) is 2.86. The van der Waals surface area contributed by atoms with Crippen LogP contribution in [0.3, 0.4) is 0 Å². The van der Waals surface area contributed by atoms with E-state index >= 15 is 0 Å². The van der Waals surface area contributed by atoms with Crippen LogP contribution in [-0.4, -0.2) is 74.3 Å². The third kappa shape index (κ3) is 6.95. The minimum Gasteiger partial charge on any atom is -0.491 e.